The summed E-state index contributed by atoms with van der Waals surface area (Å²) in [4.78, 5) is 93.7. The van der Waals surface area contributed by atoms with Gasteiger partial charge in [-0.05, 0) is 127 Å². The highest BCUT2D eigenvalue weighted by Crippen LogP contribution is 2.27. The summed E-state index contributed by atoms with van der Waals surface area (Å²) < 4.78 is 0. The maximum absolute atomic E-state index is 12.8. The summed E-state index contributed by atoms with van der Waals surface area (Å²) in [5.41, 5.74) is 15.6. The van der Waals surface area contributed by atoms with Crippen molar-refractivity contribution in [3.05, 3.63) is 263 Å². The number of nitrogens with zero attached hydrogens (tertiary/aromatic N) is 5. The fraction of sp³-hybridized carbons (Fsp3) is 0.0909. The first-order valence-electron chi connectivity index (χ1n) is 26.2. The lowest BCUT2D eigenvalue weighted by Gasteiger charge is -2.14. The van der Waals surface area contributed by atoms with Crippen LogP contribution in [0.3, 0.4) is 0 Å². The summed E-state index contributed by atoms with van der Waals surface area (Å²) in [6.45, 7) is 0. The molecule has 27 heteroatoms. The van der Waals surface area contributed by atoms with Crippen molar-refractivity contribution in [1.82, 2.24) is 19.9 Å². The number of amides is 6. The molecule has 6 aromatic carbocycles. The van der Waals surface area contributed by atoms with E-state index in [1.807, 2.05) is 0 Å². The van der Waals surface area contributed by atoms with E-state index < -0.39 is 35.4 Å². The molecule has 0 aliphatic carbocycles. The third-order valence-corrected chi connectivity index (χ3v) is 13.7. The minimum absolute atomic E-state index is 0. The minimum Gasteiger partial charge on any atom is -0.384 e. The Morgan fingerprint density at radius 1 is 0.376 bits per heavy atom. The van der Waals surface area contributed by atoms with Crippen molar-refractivity contribution in [2.75, 3.05) is 53.0 Å². The molecule has 6 amide bonds. The van der Waals surface area contributed by atoms with Gasteiger partial charge in [0, 0.05) is 88.2 Å². The van der Waals surface area contributed by atoms with Crippen LogP contribution in [0.4, 0.5) is 34.5 Å². The van der Waals surface area contributed by atoms with Gasteiger partial charge in [-0.1, -0.05) is 128 Å². The van der Waals surface area contributed by atoms with Crippen molar-refractivity contribution in [3.8, 4) is 0 Å². The van der Waals surface area contributed by atoms with E-state index in [1.165, 1.54) is 42.9 Å². The standard InChI is InChI=1S/C22H19Cl2N5O2.C21H17Cl2N5O2.C20H15Cl2N5O2.3CH4/c1-29(2)20(25)13-3-5-14(6-4-13)21(30)27-18-9-7-15(23)11-17(18)22(31)28-19-10-8-16(24)12-26-19;1-25-19(24)12-2-4-13(5-3-12)20(29)27-17-8-6-14(22)10-16(17)21(30)28-18-9-7-15(23)11-26-18;21-13-5-7-16(26-19(28)12-3-1-11(2-4-12)18(23)24)15(9-13)20(29)27-17-8-6-14(22)10-25-17;;;/h3-12,25H,1-2H3,(H,27,30)(H,26,28,31);2-11H,1H3,(H2,24,25)(H,27,29)(H,26,28,30);1-10H,(H3,23,24)(H,26,28)(H,25,27,29);3*1H4. The topological polar surface area (TPSA) is 329 Å². The average Bonchev–Trinajstić information content (AvgIpc) is 1.03. The van der Waals surface area contributed by atoms with Crippen LogP contribution >= 0.6 is 69.6 Å². The van der Waals surface area contributed by atoms with Gasteiger partial charge in [-0.2, -0.15) is 0 Å². The molecule has 93 heavy (non-hydrogen) atoms. The number of nitrogen functional groups attached to an aromatic ring is 1. The van der Waals surface area contributed by atoms with Crippen LogP contribution in [0, 0.1) is 10.8 Å². The minimum atomic E-state index is -0.496. The van der Waals surface area contributed by atoms with E-state index in [0.29, 0.717) is 104 Å². The Kier molecular flexibility index (Phi) is 28.6. The van der Waals surface area contributed by atoms with Gasteiger partial charge in [-0.3, -0.25) is 44.6 Å². The van der Waals surface area contributed by atoms with E-state index >= 15 is 0 Å². The molecule has 0 saturated heterocycles. The number of hydrogen-bond donors (Lipinski definition) is 10. The summed E-state index contributed by atoms with van der Waals surface area (Å²) in [5, 5.41) is 33.8. The molecule has 0 fully saturated rings. The Balaban J connectivity index is 0.000000293. The predicted octanol–water partition coefficient (Wildman–Crippen LogP) is 15.1. The smallest absolute Gasteiger partial charge is 0.258 e. The van der Waals surface area contributed by atoms with Crippen molar-refractivity contribution in [2.45, 2.75) is 22.3 Å². The average molecular weight is 1380 g/mol. The fourth-order valence-corrected chi connectivity index (χ4v) is 8.54. The molecule has 0 atom stereocenters. The molecule has 21 nitrogen and oxygen atoms in total. The molecular weight excluding hydrogens is 1310 g/mol. The Labute approximate surface area is 567 Å². The molecule has 0 spiro atoms. The largest absolute Gasteiger partial charge is 0.384 e. The Morgan fingerprint density at radius 2 is 0.645 bits per heavy atom. The number of benzene rings is 6. The van der Waals surface area contributed by atoms with E-state index in [4.69, 9.17) is 91.9 Å². The number of nitrogens with one attached hydrogen (secondary N) is 8. The van der Waals surface area contributed by atoms with Gasteiger partial charge in [0.05, 0.1) is 48.8 Å². The first kappa shape index (κ1) is 75.2. The van der Waals surface area contributed by atoms with E-state index in [2.05, 4.69) is 51.8 Å². The number of aromatic nitrogens is 3. The Morgan fingerprint density at radius 3 is 0.903 bits per heavy atom. The van der Waals surface area contributed by atoms with Crippen LogP contribution in [0.2, 0.25) is 30.1 Å². The molecule has 0 radical (unpaired) electrons. The third kappa shape index (κ3) is 21.7. The van der Waals surface area contributed by atoms with Gasteiger partial charge < -0.3 is 48.3 Å². The number of pyridine rings is 3. The van der Waals surface area contributed by atoms with E-state index in [-0.39, 0.29) is 50.5 Å². The van der Waals surface area contributed by atoms with Gasteiger partial charge in [-0.15, -0.1) is 0 Å². The van der Waals surface area contributed by atoms with Crippen LogP contribution in [0.15, 0.2) is 187 Å². The van der Waals surface area contributed by atoms with Crippen LogP contribution in [0.1, 0.15) is 101 Å². The zero-order valence-electron chi connectivity index (χ0n) is 47.4. The van der Waals surface area contributed by atoms with E-state index in [1.54, 1.807) is 166 Å². The van der Waals surface area contributed by atoms with Gasteiger partial charge >= 0.3 is 0 Å². The van der Waals surface area contributed by atoms with Crippen molar-refractivity contribution >= 4 is 157 Å². The number of rotatable bonds is 15. The highest BCUT2D eigenvalue weighted by molar-refractivity contribution is 6.33. The second-order valence-electron chi connectivity index (χ2n) is 18.9. The van der Waals surface area contributed by atoms with Crippen molar-refractivity contribution in [2.24, 2.45) is 16.5 Å². The number of nitrogens with two attached hydrogens (primary N) is 2. The second kappa shape index (κ2) is 35.4. The number of halogens is 6. The van der Waals surface area contributed by atoms with Crippen molar-refractivity contribution in [1.29, 1.82) is 10.8 Å². The molecule has 9 aromatic rings. The number of hydrogen-bond acceptors (Lipinski definition) is 12. The summed E-state index contributed by atoms with van der Waals surface area (Å²) in [5.74, 6) is -1.15. The summed E-state index contributed by atoms with van der Waals surface area (Å²) in [6, 6.07) is 42.7. The molecular formula is C66H63Cl6N15O6. The van der Waals surface area contributed by atoms with Crippen LogP contribution in [0.25, 0.3) is 0 Å². The van der Waals surface area contributed by atoms with Crippen LogP contribution < -0.4 is 43.4 Å². The Bertz CT molecular complexity index is 4180. The summed E-state index contributed by atoms with van der Waals surface area (Å²) in [6.07, 6.45) is 4.23. The van der Waals surface area contributed by atoms with Crippen molar-refractivity contribution < 1.29 is 28.8 Å². The normalized spacial score (nSPS) is 10.2. The Hall–Kier alpha value is -10.3. The van der Waals surface area contributed by atoms with Gasteiger partial charge in [-0.25, -0.2) is 15.0 Å². The monoisotopic (exact) mass is 1370 g/mol. The number of carbonyl (C=O) groups excluding carboxylic acids is 6. The molecule has 3 heterocycles. The van der Waals surface area contributed by atoms with E-state index in [0.717, 1.165) is 0 Å². The second-order valence-corrected chi connectivity index (χ2v) is 21.5. The maximum Gasteiger partial charge on any atom is 0.258 e. The zero-order chi connectivity index (χ0) is 65.2. The van der Waals surface area contributed by atoms with Gasteiger partial charge in [0.25, 0.3) is 35.4 Å². The summed E-state index contributed by atoms with van der Waals surface area (Å²) >= 11 is 35.6. The van der Waals surface area contributed by atoms with Crippen LogP contribution in [0.5, 0.6) is 0 Å². The fourth-order valence-electron chi connectivity index (χ4n) is 7.68. The molecule has 0 bridgehead atoms. The number of anilines is 6. The van der Waals surface area contributed by atoms with Gasteiger partial charge in [0.1, 0.15) is 35.0 Å². The lowest BCUT2D eigenvalue weighted by molar-refractivity contribution is 0.101. The zero-order valence-corrected chi connectivity index (χ0v) is 52.0. The molecule has 3 aromatic heterocycles. The molecule has 480 valence electrons. The third-order valence-electron chi connectivity index (χ3n) is 12.3. The molecule has 0 aliphatic rings. The van der Waals surface area contributed by atoms with E-state index in [9.17, 15) is 28.8 Å². The number of carbonyl (C=O) groups is 6. The molecule has 9 rings (SSSR count). The quantitative estimate of drug-likeness (QED) is 0.0338. The lowest BCUT2D eigenvalue weighted by Crippen LogP contribution is -2.22. The molecule has 0 aliphatic heterocycles. The SMILES string of the molecule is C.C.C.CN(C)C(=N)c1ccc(C(=O)Nc2ccc(Cl)cc2C(=O)Nc2ccc(Cl)cn2)cc1.CN=C(N)c1ccc(C(=O)Nc2ccc(Cl)cc2C(=O)Nc2ccc(Cl)cn2)cc1.N=C(N)c1ccc(C(=O)Nc2ccc(Cl)cc2C(=O)Nc2ccc(Cl)cn2)cc1. The lowest BCUT2D eigenvalue weighted by atomic mass is 10.1. The predicted molar refractivity (Wildman–Crippen MR) is 378 cm³/mol. The molecule has 12 N–H and O–H groups in total. The van der Waals surface area contributed by atoms with Crippen LogP contribution in [-0.2, 0) is 0 Å². The number of amidine groups is 3. The molecule has 0 unspecified atom stereocenters. The highest BCUT2D eigenvalue weighted by Gasteiger charge is 2.20. The first-order chi connectivity index (χ1) is 42.9. The van der Waals surface area contributed by atoms with Gasteiger partial charge in [0.2, 0.25) is 0 Å². The number of aliphatic imine (C=N–C) groups is 1. The van der Waals surface area contributed by atoms with Crippen LogP contribution in [-0.4, -0.2) is 93.9 Å². The maximum atomic E-state index is 12.8. The van der Waals surface area contributed by atoms with Gasteiger partial charge in [0.15, 0.2) is 0 Å². The van der Waals surface area contributed by atoms with Crippen molar-refractivity contribution in [3.63, 3.8) is 0 Å². The highest BCUT2D eigenvalue weighted by atomic mass is 35.5. The summed E-state index contributed by atoms with van der Waals surface area (Å²) in [7, 11) is 5.13. The first-order valence-corrected chi connectivity index (χ1v) is 28.5. The molecule has 0 saturated carbocycles.